The maximum atomic E-state index is 11.4. The van der Waals surface area contributed by atoms with Crippen LogP contribution in [0.25, 0.3) is 0 Å². The number of aromatic nitrogens is 1. The maximum absolute atomic E-state index is 11.4. The van der Waals surface area contributed by atoms with Crippen molar-refractivity contribution in [1.29, 1.82) is 0 Å². The van der Waals surface area contributed by atoms with E-state index in [4.69, 9.17) is 0 Å². The highest BCUT2D eigenvalue weighted by Gasteiger charge is 2.18. The van der Waals surface area contributed by atoms with Gasteiger partial charge in [0.15, 0.2) is 0 Å². The van der Waals surface area contributed by atoms with Crippen LogP contribution in [0.5, 0.6) is 0 Å². The highest BCUT2D eigenvalue weighted by molar-refractivity contribution is 5.93. The quantitative estimate of drug-likeness (QED) is 0.667. The molecule has 0 unspecified atom stereocenters. The molecule has 5 nitrogen and oxygen atoms in total. The van der Waals surface area contributed by atoms with Gasteiger partial charge in [0.25, 0.3) is 11.5 Å². The molecule has 0 fully saturated rings. The largest absolute Gasteiger partial charge is 0.386 e. The highest BCUT2D eigenvalue weighted by atomic mass is 16.5. The zero-order valence-electron chi connectivity index (χ0n) is 7.80. The Morgan fingerprint density at radius 3 is 2.54 bits per heavy atom. The van der Waals surface area contributed by atoms with Crippen molar-refractivity contribution < 1.29 is 9.32 Å². The molecule has 0 bridgehead atoms. The molecule has 72 valence electrons. The number of nitrogens with one attached hydrogen (secondary N) is 2. The van der Waals surface area contributed by atoms with Crippen molar-refractivity contribution in [2.24, 2.45) is 0 Å². The number of hydrogen-bond acceptors (Lipinski definition) is 3. The second-order valence-corrected chi connectivity index (χ2v) is 3.78. The van der Waals surface area contributed by atoms with Crippen molar-refractivity contribution in [2.45, 2.75) is 26.3 Å². The molecule has 0 aliphatic heterocycles. The molecule has 0 aliphatic carbocycles. The van der Waals surface area contributed by atoms with Gasteiger partial charge >= 0.3 is 0 Å². The summed E-state index contributed by atoms with van der Waals surface area (Å²) in [6.07, 6.45) is 1.10. The van der Waals surface area contributed by atoms with Crippen LogP contribution < -0.4 is 10.9 Å². The van der Waals surface area contributed by atoms with Crippen LogP contribution in [0.2, 0.25) is 0 Å². The van der Waals surface area contributed by atoms with E-state index in [2.05, 4.69) is 9.84 Å². The van der Waals surface area contributed by atoms with E-state index in [-0.39, 0.29) is 11.1 Å². The predicted molar refractivity (Wildman–Crippen MR) is 46.5 cm³/mol. The van der Waals surface area contributed by atoms with E-state index in [9.17, 15) is 9.59 Å². The summed E-state index contributed by atoms with van der Waals surface area (Å²) in [6, 6.07) is 0. The number of carbonyl (C=O) groups is 1. The average Bonchev–Trinajstić information content (AvgIpc) is 2.30. The lowest BCUT2D eigenvalue weighted by molar-refractivity contribution is 0.0918. The summed E-state index contributed by atoms with van der Waals surface area (Å²) in [4.78, 5) is 22.3. The SMILES string of the molecule is CC(C)(C)NC(=O)c1co[nH]c1=O. The number of rotatable bonds is 1. The molecule has 0 saturated heterocycles. The Labute approximate surface area is 75.1 Å². The van der Waals surface area contributed by atoms with Crippen LogP contribution in [0.1, 0.15) is 31.1 Å². The van der Waals surface area contributed by atoms with Crippen molar-refractivity contribution in [3.05, 3.63) is 22.2 Å². The van der Waals surface area contributed by atoms with Crippen molar-refractivity contribution in [3.63, 3.8) is 0 Å². The first kappa shape index (κ1) is 9.57. The molecule has 1 aromatic rings. The molecular weight excluding hydrogens is 172 g/mol. The highest BCUT2D eigenvalue weighted by Crippen LogP contribution is 2.00. The molecule has 1 aromatic heterocycles. The minimum Gasteiger partial charge on any atom is -0.386 e. The van der Waals surface area contributed by atoms with E-state index in [0.717, 1.165) is 6.26 Å². The fourth-order valence-corrected chi connectivity index (χ4v) is 0.815. The summed E-state index contributed by atoms with van der Waals surface area (Å²) in [6.45, 7) is 5.50. The van der Waals surface area contributed by atoms with Gasteiger partial charge in [-0.15, -0.1) is 0 Å². The van der Waals surface area contributed by atoms with E-state index >= 15 is 0 Å². The molecule has 0 radical (unpaired) electrons. The number of hydrogen-bond donors (Lipinski definition) is 2. The van der Waals surface area contributed by atoms with Crippen LogP contribution in [0.4, 0.5) is 0 Å². The van der Waals surface area contributed by atoms with Crippen LogP contribution >= 0.6 is 0 Å². The molecule has 1 rings (SSSR count). The zero-order valence-corrected chi connectivity index (χ0v) is 7.80. The Morgan fingerprint density at radius 2 is 2.15 bits per heavy atom. The monoisotopic (exact) mass is 184 g/mol. The molecule has 0 spiro atoms. The summed E-state index contributed by atoms with van der Waals surface area (Å²) >= 11 is 0. The van der Waals surface area contributed by atoms with E-state index in [1.54, 1.807) is 0 Å². The average molecular weight is 184 g/mol. The van der Waals surface area contributed by atoms with E-state index < -0.39 is 11.5 Å². The Kier molecular flexibility index (Phi) is 2.27. The van der Waals surface area contributed by atoms with Crippen molar-refractivity contribution >= 4 is 5.91 Å². The summed E-state index contributed by atoms with van der Waals surface area (Å²) in [5.41, 5.74) is -0.877. The van der Waals surface area contributed by atoms with Crippen molar-refractivity contribution in [1.82, 2.24) is 10.5 Å². The number of H-pyrrole nitrogens is 1. The molecule has 13 heavy (non-hydrogen) atoms. The molecule has 1 heterocycles. The fraction of sp³-hybridized carbons (Fsp3) is 0.500. The van der Waals surface area contributed by atoms with Gasteiger partial charge in [-0.2, -0.15) is 5.16 Å². The Hall–Kier alpha value is -1.52. The number of amides is 1. The Morgan fingerprint density at radius 1 is 1.54 bits per heavy atom. The van der Waals surface area contributed by atoms with Gasteiger partial charge in [-0.25, -0.2) is 0 Å². The predicted octanol–water partition coefficient (Wildman–Crippen LogP) is 0.496. The molecule has 0 atom stereocenters. The van der Waals surface area contributed by atoms with Gasteiger partial charge in [0, 0.05) is 5.54 Å². The van der Waals surface area contributed by atoms with Gasteiger partial charge in [-0.1, -0.05) is 0 Å². The Bertz CT molecular complexity index is 356. The molecule has 2 N–H and O–H groups in total. The van der Waals surface area contributed by atoms with Gasteiger partial charge in [0.1, 0.15) is 11.8 Å². The molecule has 0 aliphatic rings. The van der Waals surface area contributed by atoms with Gasteiger partial charge in [0.05, 0.1) is 0 Å². The van der Waals surface area contributed by atoms with Gasteiger partial charge in [-0.3, -0.25) is 9.59 Å². The summed E-state index contributed by atoms with van der Waals surface area (Å²) in [5, 5.41) is 4.69. The molecular formula is C8H12N2O3. The fourth-order valence-electron chi connectivity index (χ4n) is 0.815. The minimum atomic E-state index is -0.512. The van der Waals surface area contributed by atoms with Crippen LogP contribution in [0.3, 0.4) is 0 Å². The first-order valence-electron chi connectivity index (χ1n) is 3.89. The first-order chi connectivity index (χ1) is 5.90. The number of aromatic amines is 1. The zero-order chi connectivity index (χ0) is 10.1. The van der Waals surface area contributed by atoms with Crippen LogP contribution in [-0.2, 0) is 0 Å². The van der Waals surface area contributed by atoms with Crippen LogP contribution in [0, 0.1) is 0 Å². The molecule has 0 aromatic carbocycles. The topological polar surface area (TPSA) is 75.1 Å². The second kappa shape index (κ2) is 3.08. The first-order valence-corrected chi connectivity index (χ1v) is 3.89. The van der Waals surface area contributed by atoms with Crippen LogP contribution in [-0.4, -0.2) is 16.6 Å². The standard InChI is InChI=1S/C8H12N2O3/c1-8(2,3)9-6(11)5-4-13-10-7(5)12/h4H,1-3H3,(H,9,11)(H,10,12). The lowest BCUT2D eigenvalue weighted by Gasteiger charge is -2.19. The molecule has 0 saturated carbocycles. The summed E-state index contributed by atoms with van der Waals surface area (Å²) in [7, 11) is 0. The van der Waals surface area contributed by atoms with Gasteiger partial charge in [0.2, 0.25) is 0 Å². The summed E-state index contributed by atoms with van der Waals surface area (Å²) in [5.74, 6) is -0.428. The second-order valence-electron chi connectivity index (χ2n) is 3.78. The third-order valence-corrected chi connectivity index (χ3v) is 1.31. The minimum absolute atomic E-state index is 0.00470. The van der Waals surface area contributed by atoms with Crippen molar-refractivity contribution in [2.75, 3.05) is 0 Å². The van der Waals surface area contributed by atoms with E-state index in [1.807, 2.05) is 25.9 Å². The maximum Gasteiger partial charge on any atom is 0.292 e. The lowest BCUT2D eigenvalue weighted by atomic mass is 10.1. The summed E-state index contributed by atoms with van der Waals surface area (Å²) < 4.78 is 4.48. The Balaban J connectivity index is 2.82. The van der Waals surface area contributed by atoms with E-state index in [0.29, 0.717) is 0 Å². The lowest BCUT2D eigenvalue weighted by Crippen LogP contribution is -2.41. The normalized spacial score (nSPS) is 11.3. The van der Waals surface area contributed by atoms with Crippen molar-refractivity contribution in [3.8, 4) is 0 Å². The number of carbonyl (C=O) groups excluding carboxylic acids is 1. The molecule has 1 amide bonds. The molecule has 5 heteroatoms. The third-order valence-electron chi connectivity index (χ3n) is 1.31. The smallest absolute Gasteiger partial charge is 0.292 e. The third kappa shape index (κ3) is 2.47. The van der Waals surface area contributed by atoms with Gasteiger partial charge in [-0.05, 0) is 20.8 Å². The van der Waals surface area contributed by atoms with E-state index in [1.165, 1.54) is 0 Å². The van der Waals surface area contributed by atoms with Gasteiger partial charge < -0.3 is 9.84 Å². The van der Waals surface area contributed by atoms with Crippen LogP contribution in [0.15, 0.2) is 15.6 Å².